The van der Waals surface area contributed by atoms with Crippen LogP contribution in [0.2, 0.25) is 0 Å². The van der Waals surface area contributed by atoms with E-state index in [4.69, 9.17) is 5.11 Å². The highest BCUT2D eigenvalue weighted by molar-refractivity contribution is 5.72. The normalized spacial score (nSPS) is 28.6. The maximum absolute atomic E-state index is 11.0. The van der Waals surface area contributed by atoms with Crippen LogP contribution in [-0.2, 0) is 4.79 Å². The van der Waals surface area contributed by atoms with Gasteiger partial charge in [-0.1, -0.05) is 26.2 Å². The second-order valence-electron chi connectivity index (χ2n) is 5.09. The minimum absolute atomic E-state index is 0.149. The number of hydrogen-bond donors (Lipinski definition) is 3. The van der Waals surface area contributed by atoms with Gasteiger partial charge in [-0.05, 0) is 31.8 Å². The van der Waals surface area contributed by atoms with E-state index in [1.165, 1.54) is 12.8 Å². The second-order valence-corrected chi connectivity index (χ2v) is 5.09. The van der Waals surface area contributed by atoms with Crippen molar-refractivity contribution in [3.63, 3.8) is 0 Å². The van der Waals surface area contributed by atoms with Crippen LogP contribution in [0.5, 0.6) is 0 Å². The first-order valence-electron chi connectivity index (χ1n) is 6.87. The number of rotatable bonds is 7. The van der Waals surface area contributed by atoms with E-state index in [1.807, 2.05) is 0 Å². The molecule has 0 bridgehead atoms. The van der Waals surface area contributed by atoms with Crippen molar-refractivity contribution >= 4 is 5.97 Å². The van der Waals surface area contributed by atoms with Crippen LogP contribution in [0, 0.1) is 11.8 Å². The average Bonchev–Trinajstić information content (AvgIpc) is 2.70. The third-order valence-corrected chi connectivity index (χ3v) is 3.70. The van der Waals surface area contributed by atoms with E-state index in [1.54, 1.807) is 6.08 Å². The summed E-state index contributed by atoms with van der Waals surface area (Å²) in [6.45, 7) is 2.14. The fourth-order valence-electron chi connectivity index (χ4n) is 2.62. The fraction of sp³-hybridized carbons (Fsp3) is 0.786. The fourth-order valence-corrected chi connectivity index (χ4v) is 2.62. The Kier molecular flexibility index (Phi) is 6.19. The van der Waals surface area contributed by atoms with E-state index < -0.39 is 23.9 Å². The summed E-state index contributed by atoms with van der Waals surface area (Å²) in [6, 6.07) is 0. The van der Waals surface area contributed by atoms with Crippen LogP contribution in [0.25, 0.3) is 0 Å². The Morgan fingerprint density at radius 2 is 1.94 bits per heavy atom. The molecule has 0 aliphatic heterocycles. The van der Waals surface area contributed by atoms with Crippen LogP contribution >= 0.6 is 0 Å². The zero-order valence-electron chi connectivity index (χ0n) is 11.0. The van der Waals surface area contributed by atoms with Crippen molar-refractivity contribution < 1.29 is 20.1 Å². The van der Waals surface area contributed by atoms with E-state index in [-0.39, 0.29) is 5.76 Å². The van der Waals surface area contributed by atoms with Crippen molar-refractivity contribution in [3.05, 3.63) is 11.8 Å². The average molecular weight is 256 g/mol. The van der Waals surface area contributed by atoms with Crippen LogP contribution in [0.4, 0.5) is 0 Å². The quantitative estimate of drug-likeness (QED) is 0.483. The molecule has 1 rings (SSSR count). The molecule has 1 aliphatic carbocycles. The molecule has 104 valence electrons. The van der Waals surface area contributed by atoms with Crippen molar-refractivity contribution in [2.24, 2.45) is 11.8 Å². The maximum Gasteiger partial charge on any atom is 0.309 e. The molecule has 0 aromatic carbocycles. The topological polar surface area (TPSA) is 77.8 Å². The summed E-state index contributed by atoms with van der Waals surface area (Å²) < 4.78 is 0. The van der Waals surface area contributed by atoms with E-state index in [0.29, 0.717) is 12.8 Å². The predicted octanol–water partition coefficient (Wildman–Crippen LogP) is 2.87. The van der Waals surface area contributed by atoms with Crippen LogP contribution in [-0.4, -0.2) is 27.4 Å². The maximum atomic E-state index is 11.0. The van der Waals surface area contributed by atoms with Gasteiger partial charge in [-0.3, -0.25) is 4.79 Å². The SMILES string of the molecule is CCCCCC/C=C(\O)C1CCC(O)C1C(=O)O. The van der Waals surface area contributed by atoms with Crippen LogP contribution in [0.1, 0.15) is 51.9 Å². The monoisotopic (exact) mass is 256 g/mol. The van der Waals surface area contributed by atoms with E-state index >= 15 is 0 Å². The molecule has 0 spiro atoms. The summed E-state index contributed by atoms with van der Waals surface area (Å²) in [5.41, 5.74) is 0. The van der Waals surface area contributed by atoms with Crippen molar-refractivity contribution in [3.8, 4) is 0 Å². The van der Waals surface area contributed by atoms with Gasteiger partial charge in [-0.2, -0.15) is 0 Å². The summed E-state index contributed by atoms with van der Waals surface area (Å²) in [5, 5.41) is 28.6. The lowest BCUT2D eigenvalue weighted by Crippen LogP contribution is -2.28. The number of carbonyl (C=O) groups is 1. The van der Waals surface area contributed by atoms with Gasteiger partial charge in [-0.15, -0.1) is 0 Å². The Morgan fingerprint density at radius 1 is 1.22 bits per heavy atom. The van der Waals surface area contributed by atoms with E-state index in [0.717, 1.165) is 19.3 Å². The molecule has 4 heteroatoms. The summed E-state index contributed by atoms with van der Waals surface area (Å²) in [6.07, 6.45) is 7.20. The van der Waals surface area contributed by atoms with Crippen molar-refractivity contribution in [1.29, 1.82) is 0 Å². The van der Waals surface area contributed by atoms with Gasteiger partial charge in [0.1, 0.15) is 0 Å². The van der Waals surface area contributed by atoms with Gasteiger partial charge in [0.2, 0.25) is 0 Å². The molecule has 0 aromatic heterocycles. The minimum Gasteiger partial charge on any atom is -0.512 e. The lowest BCUT2D eigenvalue weighted by Gasteiger charge is -2.17. The zero-order chi connectivity index (χ0) is 13.5. The molecule has 1 saturated carbocycles. The first-order valence-corrected chi connectivity index (χ1v) is 6.87. The lowest BCUT2D eigenvalue weighted by atomic mass is 9.92. The molecule has 18 heavy (non-hydrogen) atoms. The Bertz CT molecular complexity index is 298. The Balaban J connectivity index is 2.47. The number of carboxylic acids is 1. The third-order valence-electron chi connectivity index (χ3n) is 3.70. The Labute approximate surface area is 108 Å². The first kappa shape index (κ1) is 15.0. The highest BCUT2D eigenvalue weighted by Gasteiger charge is 2.42. The summed E-state index contributed by atoms with van der Waals surface area (Å²) in [5.74, 6) is -2.13. The first-order chi connectivity index (χ1) is 8.57. The van der Waals surface area contributed by atoms with E-state index in [2.05, 4.69) is 6.92 Å². The van der Waals surface area contributed by atoms with E-state index in [9.17, 15) is 15.0 Å². The molecular formula is C14H24O4. The van der Waals surface area contributed by atoms with Crippen molar-refractivity contribution in [2.75, 3.05) is 0 Å². The van der Waals surface area contributed by atoms with Crippen LogP contribution in [0.15, 0.2) is 11.8 Å². The van der Waals surface area contributed by atoms with Crippen LogP contribution < -0.4 is 0 Å². The van der Waals surface area contributed by atoms with Gasteiger partial charge < -0.3 is 15.3 Å². The molecule has 3 N–H and O–H groups in total. The molecule has 1 fully saturated rings. The Hall–Kier alpha value is -1.03. The van der Waals surface area contributed by atoms with Gasteiger partial charge in [0.05, 0.1) is 17.8 Å². The number of aliphatic carboxylic acids is 1. The Morgan fingerprint density at radius 3 is 2.56 bits per heavy atom. The molecule has 0 heterocycles. The predicted molar refractivity (Wildman–Crippen MR) is 69.3 cm³/mol. The van der Waals surface area contributed by atoms with Crippen LogP contribution in [0.3, 0.4) is 0 Å². The standard InChI is InChI=1S/C14H24O4/c1-2-3-4-5-6-7-11(15)10-8-9-12(16)13(10)14(17)18/h7,10,12-13,15-16H,2-6,8-9H2,1H3,(H,17,18)/b11-7-. The molecule has 0 aromatic rings. The minimum atomic E-state index is -1.02. The molecule has 0 radical (unpaired) electrons. The number of aliphatic hydroxyl groups is 2. The van der Waals surface area contributed by atoms with Gasteiger partial charge >= 0.3 is 5.97 Å². The highest BCUT2D eigenvalue weighted by Crippen LogP contribution is 2.36. The summed E-state index contributed by atoms with van der Waals surface area (Å²) in [7, 11) is 0. The summed E-state index contributed by atoms with van der Waals surface area (Å²) in [4.78, 5) is 11.0. The number of aliphatic hydroxyl groups excluding tert-OH is 2. The number of carboxylic acid groups (broad SMARTS) is 1. The largest absolute Gasteiger partial charge is 0.512 e. The number of allylic oxidation sites excluding steroid dienone is 2. The zero-order valence-corrected chi connectivity index (χ0v) is 11.0. The van der Waals surface area contributed by atoms with Gasteiger partial charge in [0.15, 0.2) is 0 Å². The van der Waals surface area contributed by atoms with Gasteiger partial charge in [0.25, 0.3) is 0 Å². The van der Waals surface area contributed by atoms with Crippen molar-refractivity contribution in [2.45, 2.75) is 58.0 Å². The van der Waals surface area contributed by atoms with Gasteiger partial charge in [0, 0.05) is 5.92 Å². The molecule has 3 unspecified atom stereocenters. The lowest BCUT2D eigenvalue weighted by molar-refractivity contribution is -0.146. The number of unbranched alkanes of at least 4 members (excludes halogenated alkanes) is 4. The van der Waals surface area contributed by atoms with Crippen molar-refractivity contribution in [1.82, 2.24) is 0 Å². The molecule has 4 nitrogen and oxygen atoms in total. The van der Waals surface area contributed by atoms with Gasteiger partial charge in [-0.25, -0.2) is 0 Å². The highest BCUT2D eigenvalue weighted by atomic mass is 16.4. The molecule has 1 aliphatic rings. The summed E-state index contributed by atoms with van der Waals surface area (Å²) >= 11 is 0. The smallest absolute Gasteiger partial charge is 0.309 e. The second kappa shape index (κ2) is 7.41. The third kappa shape index (κ3) is 4.02. The molecule has 3 atom stereocenters. The molecular weight excluding hydrogens is 232 g/mol. The number of hydrogen-bond acceptors (Lipinski definition) is 3. The molecule has 0 saturated heterocycles. The molecule has 0 amide bonds.